The number of likely N-dealkylation sites (tertiary alicyclic amines) is 1. The largest absolute Gasteiger partial charge is 0.467 e. The molecule has 0 bridgehead atoms. The Bertz CT molecular complexity index is 1610. The van der Waals surface area contributed by atoms with E-state index in [-0.39, 0.29) is 81.7 Å². The number of aromatic nitrogens is 2. The maximum Gasteiger partial charge on any atom is 0.409 e. The van der Waals surface area contributed by atoms with Crippen LogP contribution in [-0.4, -0.2) is 130 Å². The number of carbonyl (C=O) groups is 6. The third-order valence-electron chi connectivity index (χ3n) is 8.83. The lowest BCUT2D eigenvalue weighted by Crippen LogP contribution is -2.56. The van der Waals surface area contributed by atoms with E-state index in [1.54, 1.807) is 52.0 Å². The summed E-state index contributed by atoms with van der Waals surface area (Å²) in [5.41, 5.74) is -0.260. The highest BCUT2D eigenvalue weighted by Crippen LogP contribution is 2.24. The van der Waals surface area contributed by atoms with Crippen molar-refractivity contribution in [1.29, 1.82) is 0 Å². The lowest BCUT2D eigenvalue weighted by Gasteiger charge is -2.36. The third-order valence-corrected chi connectivity index (χ3v) is 8.83. The first-order chi connectivity index (χ1) is 24.8. The summed E-state index contributed by atoms with van der Waals surface area (Å²) in [5, 5.41) is 10.2. The van der Waals surface area contributed by atoms with Crippen LogP contribution in [0.25, 0.3) is 5.69 Å². The molecular formula is C36H49N7O9. The van der Waals surface area contributed by atoms with Gasteiger partial charge in [0.25, 0.3) is 11.8 Å². The number of amides is 5. The molecule has 52 heavy (non-hydrogen) atoms. The Kier molecular flexibility index (Phi) is 12.4. The second-order valence-corrected chi connectivity index (χ2v) is 14.1. The molecule has 16 heteroatoms. The topological polar surface area (TPSA) is 182 Å². The molecule has 1 aromatic carbocycles. The molecule has 2 saturated heterocycles. The monoisotopic (exact) mass is 723 g/mol. The molecule has 1 aromatic heterocycles. The van der Waals surface area contributed by atoms with E-state index in [4.69, 9.17) is 14.2 Å². The number of nitrogens with one attached hydrogen (secondary N) is 2. The summed E-state index contributed by atoms with van der Waals surface area (Å²) in [6.45, 7) is 8.15. The van der Waals surface area contributed by atoms with Gasteiger partial charge in [0, 0.05) is 51.3 Å². The lowest BCUT2D eigenvalue weighted by atomic mass is 10.1. The van der Waals surface area contributed by atoms with Crippen molar-refractivity contribution in [1.82, 2.24) is 35.1 Å². The Hall–Kier alpha value is -5.15. The first-order valence-corrected chi connectivity index (χ1v) is 17.9. The van der Waals surface area contributed by atoms with E-state index in [9.17, 15) is 28.8 Å². The van der Waals surface area contributed by atoms with Crippen LogP contribution < -0.4 is 15.4 Å². The second-order valence-electron chi connectivity index (χ2n) is 14.1. The van der Waals surface area contributed by atoms with Crippen molar-refractivity contribution in [2.75, 3.05) is 45.9 Å². The summed E-state index contributed by atoms with van der Waals surface area (Å²) in [4.78, 5) is 83.0. The highest BCUT2D eigenvalue weighted by atomic mass is 16.6. The summed E-state index contributed by atoms with van der Waals surface area (Å²) < 4.78 is 17.9. The van der Waals surface area contributed by atoms with E-state index in [1.807, 2.05) is 6.07 Å². The smallest absolute Gasteiger partial charge is 0.409 e. The number of ether oxygens (including phenoxy) is 3. The molecule has 282 valence electrons. The summed E-state index contributed by atoms with van der Waals surface area (Å²) >= 11 is 0. The SMILES string of the molecule is CCOC(=O)N1CCN(C(=O)[C@H](CCC(=O)OC(C)(C)C)NC(=O)c2cc(OCC(=O)N3CCC[C@H]3C(=O)NC3CC3)n(-c3ccccc3)n2)CC1. The first kappa shape index (κ1) is 38.1. The van der Waals surface area contributed by atoms with Crippen molar-refractivity contribution in [2.24, 2.45) is 0 Å². The van der Waals surface area contributed by atoms with Crippen LogP contribution in [0.5, 0.6) is 5.88 Å². The molecular weight excluding hydrogens is 674 g/mol. The van der Waals surface area contributed by atoms with Crippen molar-refractivity contribution in [3.8, 4) is 11.6 Å². The molecule has 0 radical (unpaired) electrons. The Morgan fingerprint density at radius 2 is 1.63 bits per heavy atom. The van der Waals surface area contributed by atoms with Crippen LogP contribution in [0.4, 0.5) is 4.79 Å². The number of hydrogen-bond acceptors (Lipinski definition) is 10. The van der Waals surface area contributed by atoms with Gasteiger partial charge in [0.1, 0.15) is 17.7 Å². The molecule has 0 unspecified atom stereocenters. The highest BCUT2D eigenvalue weighted by Gasteiger charge is 2.37. The molecule has 2 N–H and O–H groups in total. The van der Waals surface area contributed by atoms with Gasteiger partial charge in [-0.05, 0) is 71.9 Å². The Morgan fingerprint density at radius 1 is 0.942 bits per heavy atom. The maximum atomic E-state index is 13.8. The molecule has 2 aromatic rings. The summed E-state index contributed by atoms with van der Waals surface area (Å²) in [5.74, 6) is -2.06. The number of benzene rings is 1. The van der Waals surface area contributed by atoms with Crippen molar-refractivity contribution in [2.45, 2.75) is 89.9 Å². The van der Waals surface area contributed by atoms with E-state index in [2.05, 4.69) is 15.7 Å². The third kappa shape index (κ3) is 10.2. The quantitative estimate of drug-likeness (QED) is 0.290. The van der Waals surface area contributed by atoms with E-state index in [0.29, 0.717) is 25.1 Å². The van der Waals surface area contributed by atoms with Crippen LogP contribution in [0.1, 0.15) is 76.7 Å². The van der Waals surface area contributed by atoms with Crippen molar-refractivity contribution in [3.63, 3.8) is 0 Å². The molecule has 2 aliphatic heterocycles. The van der Waals surface area contributed by atoms with Crippen molar-refractivity contribution < 1.29 is 43.0 Å². The van der Waals surface area contributed by atoms with Crippen LogP contribution in [0, 0.1) is 0 Å². The summed E-state index contributed by atoms with van der Waals surface area (Å²) in [7, 11) is 0. The normalized spacial score (nSPS) is 18.0. The molecule has 1 saturated carbocycles. The molecule has 0 spiro atoms. The minimum absolute atomic E-state index is 0.0415. The average Bonchev–Trinajstić information content (AvgIpc) is 3.60. The van der Waals surface area contributed by atoms with Crippen molar-refractivity contribution >= 4 is 35.7 Å². The van der Waals surface area contributed by atoms with E-state index in [0.717, 1.165) is 12.8 Å². The number of nitrogens with zero attached hydrogens (tertiary/aromatic N) is 5. The minimum atomic E-state index is -1.11. The fourth-order valence-electron chi connectivity index (χ4n) is 6.10. The van der Waals surface area contributed by atoms with Gasteiger partial charge in [-0.25, -0.2) is 9.48 Å². The van der Waals surface area contributed by atoms with Crippen LogP contribution in [0.15, 0.2) is 36.4 Å². The predicted octanol–water partition coefficient (Wildman–Crippen LogP) is 2.04. The fraction of sp³-hybridized carbons (Fsp3) is 0.583. The van der Waals surface area contributed by atoms with Gasteiger partial charge in [0.15, 0.2) is 12.3 Å². The highest BCUT2D eigenvalue weighted by molar-refractivity contribution is 5.96. The number of piperazine rings is 1. The summed E-state index contributed by atoms with van der Waals surface area (Å²) in [6, 6.07) is 8.79. The van der Waals surface area contributed by atoms with Gasteiger partial charge in [-0.1, -0.05) is 18.2 Å². The molecule has 3 heterocycles. The number of rotatable bonds is 13. The van der Waals surface area contributed by atoms with Gasteiger partial charge < -0.3 is 39.5 Å². The number of hydrogen-bond donors (Lipinski definition) is 2. The molecule has 5 amide bonds. The minimum Gasteiger partial charge on any atom is -0.467 e. The molecule has 16 nitrogen and oxygen atoms in total. The average molecular weight is 724 g/mol. The van der Waals surface area contributed by atoms with Gasteiger partial charge in [-0.2, -0.15) is 5.10 Å². The van der Waals surface area contributed by atoms with Crippen LogP contribution in [-0.2, 0) is 28.7 Å². The summed E-state index contributed by atoms with van der Waals surface area (Å²) in [6.07, 6.45) is 2.53. The van der Waals surface area contributed by atoms with E-state index in [1.165, 1.54) is 25.4 Å². The zero-order valence-corrected chi connectivity index (χ0v) is 30.3. The fourth-order valence-corrected chi connectivity index (χ4v) is 6.10. The Balaban J connectivity index is 1.30. The molecule has 3 fully saturated rings. The van der Waals surface area contributed by atoms with Gasteiger partial charge in [0.2, 0.25) is 17.7 Å². The standard InChI is InChI=1S/C36H49N7O9/c1-5-50-35(49)41-20-18-40(19-21-41)34(48)26(15-16-31(45)52-36(2,3)4)38-32(46)27-22-30(43(39-27)25-10-7-6-8-11-25)51-23-29(44)42-17-9-12-28(42)33(47)37-24-13-14-24/h6-8,10-11,22,24,26,28H,5,9,12-21,23H2,1-4H3,(H,37,47)(H,38,46)/t26-,28-/m0/s1. The molecule has 5 rings (SSSR count). The number of esters is 1. The predicted molar refractivity (Wildman–Crippen MR) is 186 cm³/mol. The zero-order chi connectivity index (χ0) is 37.4. The van der Waals surface area contributed by atoms with Crippen LogP contribution in [0.2, 0.25) is 0 Å². The number of carbonyl (C=O) groups excluding carboxylic acids is 6. The zero-order valence-electron chi connectivity index (χ0n) is 30.3. The van der Waals surface area contributed by atoms with Crippen molar-refractivity contribution in [3.05, 3.63) is 42.1 Å². The second kappa shape index (κ2) is 16.9. The Labute approximate surface area is 303 Å². The molecule has 1 aliphatic carbocycles. The van der Waals surface area contributed by atoms with Gasteiger partial charge in [-0.15, -0.1) is 0 Å². The van der Waals surface area contributed by atoms with Gasteiger partial charge >= 0.3 is 12.1 Å². The van der Waals surface area contributed by atoms with E-state index < -0.39 is 41.6 Å². The molecule has 3 aliphatic rings. The Morgan fingerprint density at radius 3 is 2.29 bits per heavy atom. The van der Waals surface area contributed by atoms with Gasteiger partial charge in [0.05, 0.1) is 12.3 Å². The maximum absolute atomic E-state index is 13.8. The first-order valence-electron chi connectivity index (χ1n) is 17.9. The lowest BCUT2D eigenvalue weighted by molar-refractivity contribution is -0.155. The van der Waals surface area contributed by atoms with Crippen LogP contribution >= 0.6 is 0 Å². The van der Waals surface area contributed by atoms with E-state index >= 15 is 0 Å². The molecule has 2 atom stereocenters. The van der Waals surface area contributed by atoms with Crippen LogP contribution in [0.3, 0.4) is 0 Å². The van der Waals surface area contributed by atoms with Gasteiger partial charge in [-0.3, -0.25) is 24.0 Å². The number of para-hydroxylation sites is 1.